The normalized spacial score (nSPS) is 15.9. The van der Waals surface area contributed by atoms with Crippen molar-refractivity contribution in [1.82, 2.24) is 10.2 Å². The molecule has 1 aliphatic rings. The predicted molar refractivity (Wildman–Crippen MR) is 116 cm³/mol. The number of carbonyl (C=O) groups is 1. The number of benzene rings is 2. The number of amides is 1. The van der Waals surface area contributed by atoms with Gasteiger partial charge < -0.3 is 10.2 Å². The number of anilines is 1. The van der Waals surface area contributed by atoms with Crippen LogP contribution in [-0.4, -0.2) is 52.5 Å². The summed E-state index contributed by atoms with van der Waals surface area (Å²) in [5.41, 5.74) is 1.76. The molecule has 1 aliphatic heterocycles. The minimum absolute atomic E-state index is 0.127. The van der Waals surface area contributed by atoms with Crippen LogP contribution in [0, 0.1) is 6.92 Å². The molecule has 0 atom stereocenters. The van der Waals surface area contributed by atoms with Gasteiger partial charge in [0.05, 0.1) is 10.6 Å². The van der Waals surface area contributed by atoms with Gasteiger partial charge in [0.2, 0.25) is 0 Å². The van der Waals surface area contributed by atoms with E-state index in [1.807, 2.05) is 0 Å². The third-order valence-electron chi connectivity index (χ3n) is 5.32. The first-order chi connectivity index (χ1) is 13.7. The highest BCUT2D eigenvalue weighted by Crippen LogP contribution is 2.27. The Morgan fingerprint density at radius 1 is 1.14 bits per heavy atom. The summed E-state index contributed by atoms with van der Waals surface area (Å²) in [4.78, 5) is 15.0. The third-order valence-corrected chi connectivity index (χ3v) is 7.36. The molecule has 0 bridgehead atoms. The van der Waals surface area contributed by atoms with Crippen molar-refractivity contribution in [3.05, 3.63) is 58.6 Å². The quantitative estimate of drug-likeness (QED) is 0.782. The lowest BCUT2D eigenvalue weighted by molar-refractivity contribution is 0.0917. The zero-order valence-corrected chi connectivity index (χ0v) is 18.4. The van der Waals surface area contributed by atoms with E-state index in [1.54, 1.807) is 37.3 Å². The van der Waals surface area contributed by atoms with Crippen molar-refractivity contribution in [2.24, 2.45) is 0 Å². The van der Waals surface area contributed by atoms with E-state index in [0.29, 0.717) is 21.8 Å². The third kappa shape index (κ3) is 4.91. The van der Waals surface area contributed by atoms with E-state index < -0.39 is 10.0 Å². The van der Waals surface area contributed by atoms with E-state index in [2.05, 4.69) is 17.3 Å². The summed E-state index contributed by atoms with van der Waals surface area (Å²) in [5, 5.41) is 3.56. The molecule has 0 unspecified atom stereocenters. The second-order valence-corrected chi connectivity index (χ2v) is 9.88. The van der Waals surface area contributed by atoms with Crippen LogP contribution in [-0.2, 0) is 10.0 Å². The Hall–Kier alpha value is -2.09. The van der Waals surface area contributed by atoms with Crippen molar-refractivity contribution in [3.8, 4) is 0 Å². The van der Waals surface area contributed by atoms with Crippen LogP contribution < -0.4 is 9.62 Å². The van der Waals surface area contributed by atoms with Gasteiger partial charge in [-0.3, -0.25) is 9.10 Å². The second kappa shape index (κ2) is 8.73. The molecule has 0 aromatic heterocycles. The minimum atomic E-state index is -3.72. The topological polar surface area (TPSA) is 69.7 Å². The van der Waals surface area contributed by atoms with Crippen molar-refractivity contribution in [2.45, 2.75) is 30.7 Å². The fourth-order valence-corrected chi connectivity index (χ4v) is 4.85. The molecular weight excluding hydrogens is 410 g/mol. The molecular formula is C21H26ClN3O3S. The van der Waals surface area contributed by atoms with Gasteiger partial charge in [-0.2, -0.15) is 0 Å². The highest BCUT2D eigenvalue weighted by Gasteiger charge is 2.24. The number of hydrogen-bond donors (Lipinski definition) is 1. The van der Waals surface area contributed by atoms with E-state index in [9.17, 15) is 13.2 Å². The molecule has 2 aromatic rings. The number of rotatable bonds is 5. The Balaban J connectivity index is 1.76. The van der Waals surface area contributed by atoms with E-state index in [1.165, 1.54) is 23.5 Å². The van der Waals surface area contributed by atoms with Gasteiger partial charge in [-0.05, 0) is 87.9 Å². The largest absolute Gasteiger partial charge is 0.349 e. The molecule has 1 fully saturated rings. The van der Waals surface area contributed by atoms with Crippen LogP contribution in [0.5, 0.6) is 0 Å². The maximum atomic E-state index is 12.9. The summed E-state index contributed by atoms with van der Waals surface area (Å²) >= 11 is 5.86. The molecule has 8 heteroatoms. The lowest BCUT2D eigenvalue weighted by Gasteiger charge is -2.29. The van der Waals surface area contributed by atoms with Gasteiger partial charge in [-0.1, -0.05) is 11.6 Å². The number of piperidine rings is 1. The van der Waals surface area contributed by atoms with Gasteiger partial charge in [0.15, 0.2) is 0 Å². The number of nitrogens with one attached hydrogen (secondary N) is 1. The van der Waals surface area contributed by atoms with E-state index >= 15 is 0 Å². The summed E-state index contributed by atoms with van der Waals surface area (Å²) in [6, 6.07) is 11.3. The van der Waals surface area contributed by atoms with Crippen LogP contribution in [0.4, 0.5) is 5.69 Å². The number of hydrogen-bond acceptors (Lipinski definition) is 4. The van der Waals surface area contributed by atoms with Crippen molar-refractivity contribution >= 4 is 33.2 Å². The number of sulfonamides is 1. The first kappa shape index (κ1) is 21.6. The van der Waals surface area contributed by atoms with Crippen molar-refractivity contribution < 1.29 is 13.2 Å². The Bertz CT molecular complexity index is 985. The molecule has 29 heavy (non-hydrogen) atoms. The lowest BCUT2D eigenvalue weighted by atomic mass is 10.0. The summed E-state index contributed by atoms with van der Waals surface area (Å²) in [6.07, 6.45) is 1.86. The second-order valence-electron chi connectivity index (χ2n) is 7.48. The maximum Gasteiger partial charge on any atom is 0.264 e. The van der Waals surface area contributed by atoms with Crippen LogP contribution in [0.1, 0.15) is 28.8 Å². The molecule has 0 spiro atoms. The van der Waals surface area contributed by atoms with Crippen LogP contribution in [0.2, 0.25) is 5.02 Å². The molecule has 0 aliphatic carbocycles. The summed E-state index contributed by atoms with van der Waals surface area (Å²) in [6.45, 7) is 3.74. The lowest BCUT2D eigenvalue weighted by Crippen LogP contribution is -2.43. The number of carbonyl (C=O) groups excluding carboxylic acids is 1. The predicted octanol–water partition coefficient (Wildman–Crippen LogP) is 3.30. The van der Waals surface area contributed by atoms with Gasteiger partial charge >= 0.3 is 0 Å². The molecule has 2 aromatic carbocycles. The van der Waals surface area contributed by atoms with Gasteiger partial charge in [0, 0.05) is 23.7 Å². The van der Waals surface area contributed by atoms with Gasteiger partial charge in [0.1, 0.15) is 0 Å². The zero-order chi connectivity index (χ0) is 21.2. The summed E-state index contributed by atoms with van der Waals surface area (Å²) in [5.74, 6) is -0.127. The van der Waals surface area contributed by atoms with Crippen molar-refractivity contribution in [3.63, 3.8) is 0 Å². The number of likely N-dealkylation sites (tertiary alicyclic amines) is 1. The average molecular weight is 436 g/mol. The molecule has 3 rings (SSSR count). The highest BCUT2D eigenvalue weighted by atomic mass is 35.5. The number of halogens is 1. The molecule has 6 nitrogen and oxygen atoms in total. The number of aryl methyl sites for hydroxylation is 1. The zero-order valence-electron chi connectivity index (χ0n) is 16.9. The van der Waals surface area contributed by atoms with Crippen LogP contribution >= 0.6 is 11.6 Å². The minimum Gasteiger partial charge on any atom is -0.349 e. The van der Waals surface area contributed by atoms with Gasteiger partial charge in [-0.15, -0.1) is 0 Å². The molecule has 0 radical (unpaired) electrons. The Morgan fingerprint density at radius 2 is 1.76 bits per heavy atom. The summed E-state index contributed by atoms with van der Waals surface area (Å²) in [7, 11) is -0.140. The average Bonchev–Trinajstić information content (AvgIpc) is 2.69. The Morgan fingerprint density at radius 3 is 2.34 bits per heavy atom. The molecule has 1 heterocycles. The maximum absolute atomic E-state index is 12.9. The molecule has 1 N–H and O–H groups in total. The van der Waals surface area contributed by atoms with Crippen LogP contribution in [0.25, 0.3) is 0 Å². The highest BCUT2D eigenvalue weighted by molar-refractivity contribution is 7.92. The molecule has 1 amide bonds. The molecule has 0 saturated carbocycles. The fourth-order valence-electron chi connectivity index (χ4n) is 3.47. The van der Waals surface area contributed by atoms with Crippen LogP contribution in [0.15, 0.2) is 47.4 Å². The van der Waals surface area contributed by atoms with E-state index in [0.717, 1.165) is 25.9 Å². The first-order valence-electron chi connectivity index (χ1n) is 9.53. The van der Waals surface area contributed by atoms with Crippen LogP contribution in [0.3, 0.4) is 0 Å². The molecule has 1 saturated heterocycles. The summed E-state index contributed by atoms with van der Waals surface area (Å²) < 4.78 is 27.0. The van der Waals surface area contributed by atoms with E-state index in [4.69, 9.17) is 11.6 Å². The Labute approximate surface area is 177 Å². The van der Waals surface area contributed by atoms with Gasteiger partial charge in [0.25, 0.3) is 15.9 Å². The molecule has 156 valence electrons. The van der Waals surface area contributed by atoms with E-state index in [-0.39, 0.29) is 16.8 Å². The SMILES string of the molecule is Cc1cc(C(=O)NC2CCN(C)CC2)ccc1N(C)S(=O)(=O)c1ccc(Cl)cc1. The smallest absolute Gasteiger partial charge is 0.264 e. The first-order valence-corrected chi connectivity index (χ1v) is 11.3. The standard InChI is InChI=1S/C21H26ClN3O3S/c1-15-14-16(21(26)23-18-10-12-24(2)13-11-18)4-9-20(15)25(3)29(27,28)19-7-5-17(22)6-8-19/h4-9,14,18H,10-13H2,1-3H3,(H,23,26). The van der Waals surface area contributed by atoms with Gasteiger partial charge in [-0.25, -0.2) is 8.42 Å². The Kier molecular flexibility index (Phi) is 6.51. The van der Waals surface area contributed by atoms with Crippen molar-refractivity contribution in [2.75, 3.05) is 31.5 Å². The number of nitrogens with zero attached hydrogens (tertiary/aromatic N) is 2. The fraction of sp³-hybridized carbons (Fsp3) is 0.381. The van der Waals surface area contributed by atoms with Crippen molar-refractivity contribution in [1.29, 1.82) is 0 Å². The monoisotopic (exact) mass is 435 g/mol.